The summed E-state index contributed by atoms with van der Waals surface area (Å²) in [6, 6.07) is 4.22. The van der Waals surface area contributed by atoms with Crippen molar-refractivity contribution in [3.63, 3.8) is 0 Å². The maximum atomic E-state index is 13.1. The first-order valence-corrected chi connectivity index (χ1v) is 9.41. The summed E-state index contributed by atoms with van der Waals surface area (Å²) in [4.78, 5) is 22.1. The van der Waals surface area contributed by atoms with Gasteiger partial charge in [-0.25, -0.2) is 9.50 Å². The molecule has 0 N–H and O–H groups in total. The zero-order valence-corrected chi connectivity index (χ0v) is 15.8. The lowest BCUT2D eigenvalue weighted by Gasteiger charge is -2.35. The van der Waals surface area contributed by atoms with Crippen LogP contribution in [0.15, 0.2) is 12.1 Å². The first-order valence-electron chi connectivity index (χ1n) is 9.41. The van der Waals surface area contributed by atoms with E-state index in [1.165, 1.54) is 6.42 Å². The second kappa shape index (κ2) is 6.96. The zero-order chi connectivity index (χ0) is 18.3. The van der Waals surface area contributed by atoms with Gasteiger partial charge in [0.1, 0.15) is 0 Å². The van der Waals surface area contributed by atoms with Gasteiger partial charge in [-0.1, -0.05) is 0 Å². The van der Waals surface area contributed by atoms with Gasteiger partial charge in [0.25, 0.3) is 5.91 Å². The van der Waals surface area contributed by atoms with Gasteiger partial charge >= 0.3 is 0 Å². The van der Waals surface area contributed by atoms with Crippen LogP contribution < -0.4 is 0 Å². The molecule has 3 saturated heterocycles. The minimum Gasteiger partial charge on any atom is -0.383 e. The predicted molar refractivity (Wildman–Crippen MR) is 98.3 cm³/mol. The minimum absolute atomic E-state index is 0.0260. The van der Waals surface area contributed by atoms with Crippen LogP contribution in [-0.2, 0) is 4.74 Å². The number of ether oxygens (including phenoxy) is 1. The Morgan fingerprint density at radius 1 is 1.23 bits per heavy atom. The number of fused-ring (bicyclic) bond motifs is 5. The molecule has 5 heterocycles. The fraction of sp³-hybridized carbons (Fsp3) is 0.632. The standard InChI is InChI=1S/C19H27N5O2/c1-13-8-14(2)24-18(20-13)9-17(21-24)19(25)23-11-15-4-5-16(12-23)22(10-15)6-7-26-3/h8-9,15-16H,4-7,10-12H2,1-3H3/t15-,16-/m0/s1. The molecular weight excluding hydrogens is 330 g/mol. The van der Waals surface area contributed by atoms with E-state index in [-0.39, 0.29) is 5.91 Å². The molecule has 0 radical (unpaired) electrons. The van der Waals surface area contributed by atoms with Crippen molar-refractivity contribution in [2.75, 3.05) is 39.9 Å². The van der Waals surface area contributed by atoms with Crippen LogP contribution in [-0.4, -0.2) is 76.2 Å². The van der Waals surface area contributed by atoms with Gasteiger partial charge in [-0.05, 0) is 38.7 Å². The van der Waals surface area contributed by atoms with E-state index in [1.807, 2.05) is 30.9 Å². The van der Waals surface area contributed by atoms with Crippen LogP contribution in [0, 0.1) is 19.8 Å². The van der Waals surface area contributed by atoms with E-state index in [9.17, 15) is 4.79 Å². The maximum Gasteiger partial charge on any atom is 0.274 e. The molecular formula is C19H27N5O2. The molecule has 3 fully saturated rings. The van der Waals surface area contributed by atoms with Gasteiger partial charge in [-0.3, -0.25) is 9.69 Å². The van der Waals surface area contributed by atoms with Crippen molar-refractivity contribution in [2.45, 2.75) is 32.7 Å². The quantitative estimate of drug-likeness (QED) is 0.830. The van der Waals surface area contributed by atoms with Gasteiger partial charge in [0, 0.05) is 56.8 Å². The van der Waals surface area contributed by atoms with Crippen molar-refractivity contribution in [3.8, 4) is 0 Å². The summed E-state index contributed by atoms with van der Waals surface area (Å²) >= 11 is 0. The van der Waals surface area contributed by atoms with Gasteiger partial charge in [0.05, 0.1) is 6.61 Å². The Hall–Kier alpha value is -1.99. The molecule has 0 saturated carbocycles. The summed E-state index contributed by atoms with van der Waals surface area (Å²) in [5.74, 6) is 0.562. The Kier molecular flexibility index (Phi) is 4.67. The summed E-state index contributed by atoms with van der Waals surface area (Å²) in [5, 5.41) is 4.53. The van der Waals surface area contributed by atoms with Crippen LogP contribution in [0.5, 0.6) is 0 Å². The summed E-state index contributed by atoms with van der Waals surface area (Å²) < 4.78 is 7.01. The number of amides is 1. The number of hydrogen-bond donors (Lipinski definition) is 0. The third-order valence-electron chi connectivity index (χ3n) is 5.65. The van der Waals surface area contributed by atoms with E-state index in [1.54, 1.807) is 11.6 Å². The van der Waals surface area contributed by atoms with Crippen molar-refractivity contribution in [2.24, 2.45) is 5.92 Å². The van der Waals surface area contributed by atoms with Crippen molar-refractivity contribution < 1.29 is 9.53 Å². The van der Waals surface area contributed by atoms with Crippen molar-refractivity contribution >= 4 is 11.6 Å². The molecule has 2 aromatic heterocycles. The first kappa shape index (κ1) is 17.4. The minimum atomic E-state index is 0.0260. The molecule has 7 nitrogen and oxygen atoms in total. The molecule has 0 aromatic carbocycles. The van der Waals surface area contributed by atoms with Gasteiger partial charge < -0.3 is 9.64 Å². The second-order valence-electron chi connectivity index (χ2n) is 7.63. The number of rotatable bonds is 4. The number of methoxy groups -OCH3 is 1. The number of aryl methyl sites for hydroxylation is 2. The maximum absolute atomic E-state index is 13.1. The summed E-state index contributed by atoms with van der Waals surface area (Å²) in [6.07, 6.45) is 2.35. The lowest BCUT2D eigenvalue weighted by Crippen LogP contribution is -2.45. The predicted octanol–water partition coefficient (Wildman–Crippen LogP) is 1.53. The largest absolute Gasteiger partial charge is 0.383 e. The van der Waals surface area contributed by atoms with Crippen molar-refractivity contribution in [1.29, 1.82) is 0 Å². The molecule has 0 aliphatic carbocycles. The van der Waals surface area contributed by atoms with Crippen LogP contribution in [0.3, 0.4) is 0 Å². The number of carbonyl (C=O) groups is 1. The highest BCUT2D eigenvalue weighted by atomic mass is 16.5. The van der Waals surface area contributed by atoms with Gasteiger partial charge in [-0.15, -0.1) is 0 Å². The average Bonchev–Trinajstić information content (AvgIpc) is 2.83. The Morgan fingerprint density at radius 2 is 2.08 bits per heavy atom. The Bertz CT molecular complexity index is 818. The number of aromatic nitrogens is 3. The third kappa shape index (κ3) is 3.21. The topological polar surface area (TPSA) is 63.0 Å². The molecule has 0 spiro atoms. The lowest BCUT2D eigenvalue weighted by atomic mass is 9.95. The number of carbonyl (C=O) groups excluding carboxylic acids is 1. The van der Waals surface area contributed by atoms with E-state index in [2.05, 4.69) is 15.0 Å². The lowest BCUT2D eigenvalue weighted by molar-refractivity contribution is 0.0712. The Balaban J connectivity index is 1.56. The second-order valence-corrected chi connectivity index (χ2v) is 7.63. The molecule has 2 bridgehead atoms. The van der Waals surface area contributed by atoms with Crippen LogP contribution in [0.25, 0.3) is 5.65 Å². The summed E-state index contributed by atoms with van der Waals surface area (Å²) in [5.41, 5.74) is 3.17. The monoisotopic (exact) mass is 357 g/mol. The smallest absolute Gasteiger partial charge is 0.274 e. The van der Waals surface area contributed by atoms with E-state index < -0.39 is 0 Å². The summed E-state index contributed by atoms with van der Waals surface area (Å²) in [6.45, 7) is 8.29. The average molecular weight is 357 g/mol. The highest BCUT2D eigenvalue weighted by molar-refractivity contribution is 5.93. The van der Waals surface area contributed by atoms with E-state index in [0.29, 0.717) is 17.7 Å². The van der Waals surface area contributed by atoms with Crippen LogP contribution in [0.1, 0.15) is 34.7 Å². The fourth-order valence-corrected chi connectivity index (χ4v) is 4.38. The molecule has 140 valence electrons. The summed E-state index contributed by atoms with van der Waals surface area (Å²) in [7, 11) is 1.74. The molecule has 0 unspecified atom stereocenters. The van der Waals surface area contributed by atoms with Crippen molar-refractivity contribution in [1.82, 2.24) is 24.4 Å². The third-order valence-corrected chi connectivity index (χ3v) is 5.65. The molecule has 3 aliphatic heterocycles. The molecule has 3 aliphatic rings. The Morgan fingerprint density at radius 3 is 2.88 bits per heavy atom. The SMILES string of the molecule is COCCN1C[C@@H]2CC[C@H]1CN(C(=O)c1cc3nc(C)cc(C)n3n1)C2. The van der Waals surface area contributed by atoms with E-state index >= 15 is 0 Å². The number of piperidine rings is 1. The first-order chi connectivity index (χ1) is 12.5. The molecule has 5 rings (SSSR count). The molecule has 2 aromatic rings. The Labute approximate surface area is 153 Å². The van der Waals surface area contributed by atoms with E-state index in [4.69, 9.17) is 4.74 Å². The van der Waals surface area contributed by atoms with E-state index in [0.717, 1.165) is 56.2 Å². The normalized spacial score (nSPS) is 23.6. The fourth-order valence-electron chi connectivity index (χ4n) is 4.38. The van der Waals surface area contributed by atoms with Crippen LogP contribution >= 0.6 is 0 Å². The highest BCUT2D eigenvalue weighted by Gasteiger charge is 2.36. The number of nitrogens with zero attached hydrogens (tertiary/aromatic N) is 5. The van der Waals surface area contributed by atoms with Gasteiger partial charge in [0.15, 0.2) is 11.3 Å². The molecule has 1 amide bonds. The zero-order valence-electron chi connectivity index (χ0n) is 15.8. The van der Waals surface area contributed by atoms with Gasteiger partial charge in [-0.2, -0.15) is 5.10 Å². The molecule has 26 heavy (non-hydrogen) atoms. The highest BCUT2D eigenvalue weighted by Crippen LogP contribution is 2.28. The number of hydrogen-bond acceptors (Lipinski definition) is 5. The van der Waals surface area contributed by atoms with Gasteiger partial charge in [0.2, 0.25) is 0 Å². The van der Waals surface area contributed by atoms with Crippen molar-refractivity contribution in [3.05, 3.63) is 29.2 Å². The van der Waals surface area contributed by atoms with Crippen LogP contribution in [0.4, 0.5) is 0 Å². The molecule has 7 heteroatoms. The van der Waals surface area contributed by atoms with Crippen LogP contribution in [0.2, 0.25) is 0 Å². The molecule has 2 atom stereocenters.